The van der Waals surface area contributed by atoms with Gasteiger partial charge in [0.1, 0.15) is 5.75 Å². The van der Waals surface area contributed by atoms with Crippen molar-refractivity contribution in [3.05, 3.63) is 53.3 Å². The van der Waals surface area contributed by atoms with Gasteiger partial charge in [-0.15, -0.1) is 10.2 Å². The van der Waals surface area contributed by atoms with Crippen molar-refractivity contribution in [1.82, 2.24) is 20.0 Å². The Bertz CT molecular complexity index is 1070. The lowest BCUT2D eigenvalue weighted by Gasteiger charge is -2.27. The number of ether oxygens (including phenoxy) is 2. The Hall–Kier alpha value is -3.46. The van der Waals surface area contributed by atoms with E-state index in [9.17, 15) is 4.79 Å². The minimum Gasteiger partial charge on any atom is -0.495 e. The van der Waals surface area contributed by atoms with Crippen LogP contribution in [0.5, 0.6) is 5.75 Å². The van der Waals surface area contributed by atoms with Gasteiger partial charge < -0.3 is 19.7 Å². The number of benzene rings is 1. The third-order valence-corrected chi connectivity index (χ3v) is 5.61. The third-order valence-electron chi connectivity index (χ3n) is 5.61. The number of rotatable bonds is 7. The molecule has 9 heteroatoms. The zero-order valence-corrected chi connectivity index (χ0v) is 18.7. The summed E-state index contributed by atoms with van der Waals surface area (Å²) in [4.78, 5) is 14.7. The van der Waals surface area contributed by atoms with Crippen LogP contribution in [0.1, 0.15) is 23.4 Å². The van der Waals surface area contributed by atoms with E-state index in [1.165, 1.54) is 0 Å². The highest BCUT2D eigenvalue weighted by molar-refractivity contribution is 5.92. The lowest BCUT2D eigenvalue weighted by molar-refractivity contribution is -0.116. The predicted octanol–water partition coefficient (Wildman–Crippen LogP) is 2.70. The van der Waals surface area contributed by atoms with Crippen LogP contribution in [0.25, 0.3) is 5.82 Å². The van der Waals surface area contributed by atoms with Crippen LogP contribution in [0.15, 0.2) is 36.4 Å². The van der Waals surface area contributed by atoms with Gasteiger partial charge in [0.05, 0.1) is 31.7 Å². The SMILES string of the molecule is COc1ccccc1NC(=O)CCc1c(C)nn(-c2ccc(N3CCOCC3)nn2)c1C. The first kappa shape index (κ1) is 21.8. The van der Waals surface area contributed by atoms with Crippen LogP contribution in [0.4, 0.5) is 11.5 Å². The number of methoxy groups -OCH3 is 1. The van der Waals surface area contributed by atoms with E-state index in [1.54, 1.807) is 11.8 Å². The Kier molecular flexibility index (Phi) is 6.65. The first-order chi connectivity index (χ1) is 15.6. The molecule has 168 valence electrons. The molecule has 4 rings (SSSR count). The third kappa shape index (κ3) is 4.72. The van der Waals surface area contributed by atoms with Crippen molar-refractivity contribution in [2.45, 2.75) is 26.7 Å². The van der Waals surface area contributed by atoms with E-state index in [4.69, 9.17) is 9.47 Å². The molecule has 0 bridgehead atoms. The van der Waals surface area contributed by atoms with Gasteiger partial charge >= 0.3 is 0 Å². The van der Waals surface area contributed by atoms with Crippen molar-refractivity contribution in [2.75, 3.05) is 43.6 Å². The highest BCUT2D eigenvalue weighted by Crippen LogP contribution is 2.24. The summed E-state index contributed by atoms with van der Waals surface area (Å²) in [6.07, 6.45) is 0.922. The van der Waals surface area contributed by atoms with E-state index >= 15 is 0 Å². The molecule has 1 aliphatic heterocycles. The Labute approximate surface area is 187 Å². The topological polar surface area (TPSA) is 94.4 Å². The number of hydrogen-bond donors (Lipinski definition) is 1. The van der Waals surface area contributed by atoms with Gasteiger partial charge in [0.2, 0.25) is 5.91 Å². The first-order valence-electron chi connectivity index (χ1n) is 10.7. The molecule has 0 unspecified atom stereocenters. The van der Waals surface area contributed by atoms with E-state index in [1.807, 2.05) is 50.2 Å². The molecule has 0 radical (unpaired) electrons. The molecule has 32 heavy (non-hydrogen) atoms. The zero-order chi connectivity index (χ0) is 22.5. The summed E-state index contributed by atoms with van der Waals surface area (Å²) in [5, 5.41) is 16.3. The van der Waals surface area contributed by atoms with Crippen LogP contribution in [0.3, 0.4) is 0 Å². The molecule has 0 spiro atoms. The van der Waals surface area contributed by atoms with Gasteiger partial charge in [-0.3, -0.25) is 4.79 Å². The van der Waals surface area contributed by atoms with Crippen molar-refractivity contribution in [2.24, 2.45) is 0 Å². The number of anilines is 2. The minimum atomic E-state index is -0.0734. The molecule has 1 saturated heterocycles. The molecule has 0 saturated carbocycles. The molecule has 1 aromatic carbocycles. The van der Waals surface area contributed by atoms with Gasteiger partial charge in [0.25, 0.3) is 0 Å². The lowest BCUT2D eigenvalue weighted by atomic mass is 10.1. The fraction of sp³-hybridized carbons (Fsp3) is 0.391. The summed E-state index contributed by atoms with van der Waals surface area (Å²) in [5.41, 5.74) is 3.55. The summed E-state index contributed by atoms with van der Waals surface area (Å²) in [6.45, 7) is 6.98. The van der Waals surface area contributed by atoms with Gasteiger partial charge in [-0.05, 0) is 50.1 Å². The minimum absolute atomic E-state index is 0.0734. The van der Waals surface area contributed by atoms with Gasteiger partial charge in [-0.25, -0.2) is 4.68 Å². The molecule has 2 aromatic heterocycles. The zero-order valence-electron chi connectivity index (χ0n) is 18.7. The van der Waals surface area contributed by atoms with E-state index in [0.717, 1.165) is 35.9 Å². The largest absolute Gasteiger partial charge is 0.495 e. The van der Waals surface area contributed by atoms with Gasteiger partial charge in [-0.1, -0.05) is 12.1 Å². The fourth-order valence-corrected chi connectivity index (χ4v) is 3.85. The number of nitrogens with one attached hydrogen (secondary N) is 1. The normalized spacial score (nSPS) is 13.8. The van der Waals surface area contributed by atoms with Crippen molar-refractivity contribution >= 4 is 17.4 Å². The van der Waals surface area contributed by atoms with E-state index in [-0.39, 0.29) is 5.91 Å². The lowest BCUT2D eigenvalue weighted by Crippen LogP contribution is -2.36. The summed E-state index contributed by atoms with van der Waals surface area (Å²) in [7, 11) is 1.59. The number of nitrogens with zero attached hydrogens (tertiary/aromatic N) is 5. The number of amides is 1. The maximum absolute atomic E-state index is 12.5. The van der Waals surface area contributed by atoms with Crippen LogP contribution < -0.4 is 15.0 Å². The molecule has 1 amide bonds. The van der Waals surface area contributed by atoms with Crippen molar-refractivity contribution < 1.29 is 14.3 Å². The summed E-state index contributed by atoms with van der Waals surface area (Å²) < 4.78 is 12.5. The van der Waals surface area contributed by atoms with Gasteiger partial charge in [-0.2, -0.15) is 5.10 Å². The number of hydrogen-bond acceptors (Lipinski definition) is 7. The average molecular weight is 437 g/mol. The number of morpholine rings is 1. The van der Waals surface area contributed by atoms with E-state index in [2.05, 4.69) is 25.5 Å². The van der Waals surface area contributed by atoms with E-state index < -0.39 is 0 Å². The standard InChI is InChI=1S/C23H28N6O3/c1-16-18(8-11-23(30)24-19-6-4-5-7-20(19)31-3)17(2)29(27-16)22-10-9-21(25-26-22)28-12-14-32-15-13-28/h4-7,9-10H,8,11-15H2,1-3H3,(H,24,30). The fourth-order valence-electron chi connectivity index (χ4n) is 3.85. The summed E-state index contributed by atoms with van der Waals surface area (Å²) in [5.74, 6) is 2.06. The van der Waals surface area contributed by atoms with E-state index in [0.29, 0.717) is 43.3 Å². The van der Waals surface area contributed by atoms with Crippen molar-refractivity contribution in [3.8, 4) is 11.6 Å². The van der Waals surface area contributed by atoms with Crippen LogP contribution in [-0.4, -0.2) is 59.3 Å². The average Bonchev–Trinajstić information content (AvgIpc) is 3.12. The molecule has 1 fully saturated rings. The number of para-hydroxylation sites is 2. The van der Waals surface area contributed by atoms with Crippen LogP contribution >= 0.6 is 0 Å². The molecule has 3 heterocycles. The summed E-state index contributed by atoms with van der Waals surface area (Å²) in [6, 6.07) is 11.3. The number of carbonyl (C=O) groups is 1. The Morgan fingerprint density at radius 3 is 2.53 bits per heavy atom. The number of aromatic nitrogens is 4. The molecular weight excluding hydrogens is 408 g/mol. The molecule has 1 aliphatic rings. The highest BCUT2D eigenvalue weighted by atomic mass is 16.5. The van der Waals surface area contributed by atoms with Gasteiger partial charge in [0, 0.05) is 25.2 Å². The second kappa shape index (κ2) is 9.78. The van der Waals surface area contributed by atoms with Crippen LogP contribution in [-0.2, 0) is 16.0 Å². The smallest absolute Gasteiger partial charge is 0.224 e. The van der Waals surface area contributed by atoms with Crippen molar-refractivity contribution in [3.63, 3.8) is 0 Å². The highest BCUT2D eigenvalue weighted by Gasteiger charge is 2.17. The quantitative estimate of drug-likeness (QED) is 0.608. The molecule has 1 N–H and O–H groups in total. The number of aryl methyl sites for hydroxylation is 1. The number of carbonyl (C=O) groups excluding carboxylic acids is 1. The molecule has 3 aromatic rings. The molecule has 0 atom stereocenters. The Balaban J connectivity index is 1.43. The Morgan fingerprint density at radius 1 is 1.09 bits per heavy atom. The maximum Gasteiger partial charge on any atom is 0.224 e. The molecule has 9 nitrogen and oxygen atoms in total. The van der Waals surface area contributed by atoms with Gasteiger partial charge in [0.15, 0.2) is 11.6 Å². The summed E-state index contributed by atoms with van der Waals surface area (Å²) >= 11 is 0. The monoisotopic (exact) mass is 436 g/mol. The van der Waals surface area contributed by atoms with Crippen molar-refractivity contribution in [1.29, 1.82) is 0 Å². The predicted molar refractivity (Wildman–Crippen MR) is 122 cm³/mol. The maximum atomic E-state index is 12.5. The van der Waals surface area contributed by atoms with Crippen LogP contribution in [0.2, 0.25) is 0 Å². The second-order valence-electron chi connectivity index (χ2n) is 7.66. The molecule has 0 aliphatic carbocycles. The van der Waals surface area contributed by atoms with Crippen LogP contribution in [0, 0.1) is 13.8 Å². The Morgan fingerprint density at radius 2 is 1.81 bits per heavy atom. The molecular formula is C23H28N6O3. The second-order valence-corrected chi connectivity index (χ2v) is 7.66. The first-order valence-corrected chi connectivity index (χ1v) is 10.7.